The van der Waals surface area contributed by atoms with Gasteiger partial charge in [0, 0.05) is 0 Å². The van der Waals surface area contributed by atoms with Crippen LogP contribution in [-0.4, -0.2) is 19.0 Å². The Balaban J connectivity index is 1.95. The highest BCUT2D eigenvalue weighted by Crippen LogP contribution is 2.29. The number of methoxy groups -OCH3 is 1. The Labute approximate surface area is 127 Å². The molecule has 2 unspecified atom stereocenters. The van der Waals surface area contributed by atoms with Gasteiger partial charge in [0.05, 0.1) is 25.4 Å². The Morgan fingerprint density at radius 1 is 1.38 bits per heavy atom. The lowest BCUT2D eigenvalue weighted by atomic mass is 9.85. The van der Waals surface area contributed by atoms with Crippen LogP contribution in [0.2, 0.25) is 0 Å². The van der Waals surface area contributed by atoms with E-state index < -0.39 is 0 Å². The molecule has 3 N–H and O–H groups in total. The van der Waals surface area contributed by atoms with Crippen molar-refractivity contribution < 1.29 is 9.47 Å². The summed E-state index contributed by atoms with van der Waals surface area (Å²) in [5.74, 6) is 1.48. The number of benzene rings is 1. The molecule has 4 heteroatoms. The third-order valence-corrected chi connectivity index (χ3v) is 4.35. The van der Waals surface area contributed by atoms with Gasteiger partial charge in [0.1, 0.15) is 11.6 Å². The minimum absolute atomic E-state index is 0.0254. The molecule has 1 aliphatic rings. The molecule has 0 amide bonds. The predicted octanol–water partition coefficient (Wildman–Crippen LogP) is 3.46. The summed E-state index contributed by atoms with van der Waals surface area (Å²) in [6.45, 7) is 2.86. The molecule has 0 radical (unpaired) electrons. The molecule has 0 bridgehead atoms. The number of amidine groups is 1. The monoisotopic (exact) mass is 290 g/mol. The Morgan fingerprint density at radius 3 is 2.86 bits per heavy atom. The van der Waals surface area contributed by atoms with Crippen molar-refractivity contribution in [3.63, 3.8) is 0 Å². The summed E-state index contributed by atoms with van der Waals surface area (Å²) in [7, 11) is 1.60. The fourth-order valence-electron chi connectivity index (χ4n) is 3.03. The van der Waals surface area contributed by atoms with Crippen molar-refractivity contribution >= 4 is 5.84 Å². The van der Waals surface area contributed by atoms with Crippen LogP contribution in [0.1, 0.15) is 50.2 Å². The van der Waals surface area contributed by atoms with Crippen LogP contribution in [0.25, 0.3) is 0 Å². The highest BCUT2D eigenvalue weighted by atomic mass is 16.5. The lowest BCUT2D eigenvalue weighted by Gasteiger charge is -2.28. The lowest BCUT2D eigenvalue weighted by Crippen LogP contribution is -2.22. The van der Waals surface area contributed by atoms with E-state index in [0.717, 1.165) is 11.5 Å². The van der Waals surface area contributed by atoms with Crippen molar-refractivity contribution in [1.29, 1.82) is 5.41 Å². The molecule has 2 atom stereocenters. The molecule has 1 fully saturated rings. The van der Waals surface area contributed by atoms with E-state index in [4.69, 9.17) is 20.6 Å². The van der Waals surface area contributed by atoms with E-state index in [0.29, 0.717) is 24.0 Å². The fourth-order valence-corrected chi connectivity index (χ4v) is 3.03. The van der Waals surface area contributed by atoms with Gasteiger partial charge in [-0.25, -0.2) is 0 Å². The van der Waals surface area contributed by atoms with Gasteiger partial charge < -0.3 is 15.2 Å². The third-order valence-electron chi connectivity index (χ3n) is 4.35. The minimum Gasteiger partial charge on any atom is -0.496 e. The van der Waals surface area contributed by atoms with E-state index >= 15 is 0 Å². The number of rotatable bonds is 6. The first-order valence-electron chi connectivity index (χ1n) is 7.77. The van der Waals surface area contributed by atoms with Gasteiger partial charge >= 0.3 is 0 Å². The summed E-state index contributed by atoms with van der Waals surface area (Å²) < 4.78 is 11.4. The predicted molar refractivity (Wildman–Crippen MR) is 84.8 cm³/mol. The fraction of sp³-hybridized carbons (Fsp3) is 0.588. The number of hydrogen-bond donors (Lipinski definition) is 2. The quantitative estimate of drug-likeness (QED) is 0.622. The number of hydrogen-bond acceptors (Lipinski definition) is 3. The number of nitrogens with one attached hydrogen (secondary N) is 1. The lowest BCUT2D eigenvalue weighted by molar-refractivity contribution is 0.00171. The zero-order valence-corrected chi connectivity index (χ0v) is 13.0. The average Bonchev–Trinajstić information content (AvgIpc) is 2.52. The van der Waals surface area contributed by atoms with Gasteiger partial charge in [0.25, 0.3) is 0 Å². The van der Waals surface area contributed by atoms with Gasteiger partial charge in [-0.2, -0.15) is 0 Å². The standard InChI is InChI=1S/C17H26N2O2/c1-3-12-5-4-6-14(9-12)21-11-13-7-8-15(17(18)19)16(10-13)20-2/h7-8,10,12,14H,3-6,9,11H2,1-2H3,(H3,18,19). The van der Waals surface area contributed by atoms with Crippen molar-refractivity contribution in [1.82, 2.24) is 0 Å². The summed E-state index contributed by atoms with van der Waals surface area (Å²) in [5.41, 5.74) is 7.23. The van der Waals surface area contributed by atoms with E-state index in [2.05, 4.69) is 6.92 Å². The normalized spacial score (nSPS) is 22.0. The molecule has 1 aliphatic carbocycles. The van der Waals surface area contributed by atoms with Crippen LogP contribution in [-0.2, 0) is 11.3 Å². The maximum atomic E-state index is 7.52. The van der Waals surface area contributed by atoms with Crippen LogP contribution in [0.15, 0.2) is 18.2 Å². The smallest absolute Gasteiger partial charge is 0.130 e. The van der Waals surface area contributed by atoms with E-state index in [-0.39, 0.29) is 5.84 Å². The molecule has 0 heterocycles. The van der Waals surface area contributed by atoms with Gasteiger partial charge in [0.2, 0.25) is 0 Å². The van der Waals surface area contributed by atoms with Crippen molar-refractivity contribution in [2.24, 2.45) is 11.7 Å². The third kappa shape index (κ3) is 4.21. The van der Waals surface area contributed by atoms with Gasteiger partial charge in [-0.05, 0) is 36.5 Å². The molecule has 1 aromatic rings. The molecular formula is C17H26N2O2. The van der Waals surface area contributed by atoms with Crippen LogP contribution in [0, 0.1) is 11.3 Å². The molecule has 0 aliphatic heterocycles. The van der Waals surface area contributed by atoms with Crippen molar-refractivity contribution in [2.45, 2.75) is 51.7 Å². The molecule has 116 valence electrons. The van der Waals surface area contributed by atoms with Crippen molar-refractivity contribution in [2.75, 3.05) is 7.11 Å². The maximum absolute atomic E-state index is 7.52. The van der Waals surface area contributed by atoms with Crippen LogP contribution >= 0.6 is 0 Å². The van der Waals surface area contributed by atoms with Gasteiger partial charge in [-0.1, -0.05) is 32.3 Å². The second kappa shape index (κ2) is 7.46. The first kappa shape index (κ1) is 15.8. The Morgan fingerprint density at radius 2 is 2.19 bits per heavy atom. The number of nitrogens with two attached hydrogens (primary N) is 1. The largest absolute Gasteiger partial charge is 0.496 e. The summed E-state index contributed by atoms with van der Waals surface area (Å²) in [6, 6.07) is 5.70. The topological polar surface area (TPSA) is 68.3 Å². The Hall–Kier alpha value is -1.55. The molecule has 0 spiro atoms. The zero-order valence-electron chi connectivity index (χ0n) is 13.0. The second-order valence-corrected chi connectivity index (χ2v) is 5.82. The first-order valence-corrected chi connectivity index (χ1v) is 7.77. The highest BCUT2D eigenvalue weighted by molar-refractivity contribution is 5.97. The Kier molecular flexibility index (Phi) is 5.62. The molecule has 1 saturated carbocycles. The summed E-state index contributed by atoms with van der Waals surface area (Å²) in [5, 5.41) is 7.52. The van der Waals surface area contributed by atoms with Crippen LogP contribution in [0.3, 0.4) is 0 Å². The first-order chi connectivity index (χ1) is 10.1. The second-order valence-electron chi connectivity index (χ2n) is 5.82. The SMILES string of the molecule is CCC1CCCC(OCc2ccc(C(=N)N)c(OC)c2)C1. The molecule has 0 saturated heterocycles. The highest BCUT2D eigenvalue weighted by Gasteiger charge is 2.21. The van der Waals surface area contributed by atoms with E-state index in [9.17, 15) is 0 Å². The molecular weight excluding hydrogens is 264 g/mol. The Bertz CT molecular complexity index is 488. The van der Waals surface area contributed by atoms with Gasteiger partial charge in [0.15, 0.2) is 0 Å². The molecule has 4 nitrogen and oxygen atoms in total. The van der Waals surface area contributed by atoms with Crippen LogP contribution < -0.4 is 10.5 Å². The maximum Gasteiger partial charge on any atom is 0.130 e. The van der Waals surface area contributed by atoms with E-state index in [1.165, 1.54) is 32.1 Å². The van der Waals surface area contributed by atoms with E-state index in [1.807, 2.05) is 18.2 Å². The van der Waals surface area contributed by atoms with E-state index in [1.54, 1.807) is 7.11 Å². The summed E-state index contributed by atoms with van der Waals surface area (Å²) in [6.07, 6.45) is 6.59. The summed E-state index contributed by atoms with van der Waals surface area (Å²) >= 11 is 0. The van der Waals surface area contributed by atoms with Crippen LogP contribution in [0.5, 0.6) is 5.75 Å². The number of nitrogen functional groups attached to an aromatic ring is 1. The zero-order chi connectivity index (χ0) is 15.2. The van der Waals surface area contributed by atoms with Crippen molar-refractivity contribution in [3.05, 3.63) is 29.3 Å². The van der Waals surface area contributed by atoms with Gasteiger partial charge in [-0.15, -0.1) is 0 Å². The molecule has 1 aromatic carbocycles. The van der Waals surface area contributed by atoms with Crippen LogP contribution in [0.4, 0.5) is 0 Å². The average molecular weight is 290 g/mol. The minimum atomic E-state index is 0.0254. The molecule has 0 aromatic heterocycles. The molecule has 2 rings (SSSR count). The van der Waals surface area contributed by atoms with Crippen molar-refractivity contribution in [3.8, 4) is 5.75 Å². The van der Waals surface area contributed by atoms with Gasteiger partial charge in [-0.3, -0.25) is 5.41 Å². The summed E-state index contributed by atoms with van der Waals surface area (Å²) in [4.78, 5) is 0. The molecule has 21 heavy (non-hydrogen) atoms. The number of ether oxygens (including phenoxy) is 2.